The molecule has 1 radical (unpaired) electrons. The third-order valence-electron chi connectivity index (χ3n) is 4.22. The predicted octanol–water partition coefficient (Wildman–Crippen LogP) is 2.67. The Labute approximate surface area is 122 Å². The molecular weight excluding hydrogens is 262 g/mol. The van der Waals surface area contributed by atoms with Gasteiger partial charge in [-0.1, -0.05) is 24.3 Å². The molecule has 4 nitrogen and oxygen atoms in total. The van der Waals surface area contributed by atoms with E-state index in [0.717, 1.165) is 23.0 Å². The molecule has 1 amide bonds. The van der Waals surface area contributed by atoms with Crippen LogP contribution in [0, 0.1) is 0 Å². The van der Waals surface area contributed by atoms with Gasteiger partial charge in [0, 0.05) is 24.7 Å². The van der Waals surface area contributed by atoms with Gasteiger partial charge >= 0.3 is 6.41 Å². The van der Waals surface area contributed by atoms with Gasteiger partial charge in [-0.15, -0.1) is 0 Å². The third-order valence-corrected chi connectivity index (χ3v) is 4.22. The topological polar surface area (TPSA) is 38.1 Å². The van der Waals surface area contributed by atoms with Crippen molar-refractivity contribution < 1.29 is 4.79 Å². The summed E-state index contributed by atoms with van der Waals surface area (Å²) in [6.45, 7) is 0.707. The molecule has 1 aliphatic heterocycles. The molecule has 0 atom stereocenters. The highest BCUT2D eigenvalue weighted by atomic mass is 16.1. The van der Waals surface area contributed by atoms with Crippen molar-refractivity contribution in [3.05, 3.63) is 48.2 Å². The van der Waals surface area contributed by atoms with Gasteiger partial charge in [-0.05, 0) is 35.2 Å². The van der Waals surface area contributed by atoms with Gasteiger partial charge < -0.3 is 4.90 Å². The number of aromatic nitrogens is 2. The molecule has 0 bridgehead atoms. The fourth-order valence-electron chi connectivity index (χ4n) is 3.19. The van der Waals surface area contributed by atoms with Crippen LogP contribution >= 0.6 is 0 Å². The maximum atomic E-state index is 11.0. The lowest BCUT2D eigenvalue weighted by Crippen LogP contribution is -2.16. The summed E-state index contributed by atoms with van der Waals surface area (Å²) in [6, 6.07) is 12.3. The number of nitrogens with zero attached hydrogens (tertiary/aromatic N) is 3. The second-order valence-electron chi connectivity index (χ2n) is 5.30. The summed E-state index contributed by atoms with van der Waals surface area (Å²) in [5.74, 6) is 0. The van der Waals surface area contributed by atoms with Crippen LogP contribution in [0.1, 0.15) is 5.56 Å². The molecule has 0 saturated carbocycles. The summed E-state index contributed by atoms with van der Waals surface area (Å²) in [6.07, 6.45) is 4.78. The molecule has 103 valence electrons. The number of hydrogen-bond donors (Lipinski definition) is 0. The van der Waals surface area contributed by atoms with Crippen LogP contribution in [-0.4, -0.2) is 22.7 Å². The summed E-state index contributed by atoms with van der Waals surface area (Å²) in [4.78, 5) is 12.7. The summed E-state index contributed by atoms with van der Waals surface area (Å²) in [5.41, 5.74) is 5.66. The second kappa shape index (κ2) is 4.45. The minimum atomic E-state index is 0.707. The van der Waals surface area contributed by atoms with Gasteiger partial charge in [-0.2, -0.15) is 5.10 Å². The summed E-state index contributed by atoms with van der Waals surface area (Å²) >= 11 is 0. The lowest BCUT2D eigenvalue weighted by molar-refractivity contribution is 0.552. The van der Waals surface area contributed by atoms with E-state index in [0.29, 0.717) is 6.54 Å². The van der Waals surface area contributed by atoms with Crippen molar-refractivity contribution in [3.63, 3.8) is 0 Å². The molecule has 0 fully saturated rings. The van der Waals surface area contributed by atoms with Crippen LogP contribution in [0.5, 0.6) is 0 Å². The van der Waals surface area contributed by atoms with Crippen molar-refractivity contribution in [1.82, 2.24) is 9.78 Å². The van der Waals surface area contributed by atoms with Crippen LogP contribution in [0.15, 0.2) is 42.6 Å². The molecule has 0 unspecified atom stereocenters. The van der Waals surface area contributed by atoms with Crippen molar-refractivity contribution in [1.29, 1.82) is 0 Å². The zero-order chi connectivity index (χ0) is 14.4. The Morgan fingerprint density at radius 2 is 1.95 bits per heavy atom. The predicted molar refractivity (Wildman–Crippen MR) is 82.9 cm³/mol. The van der Waals surface area contributed by atoms with Crippen LogP contribution in [-0.2, 0) is 18.3 Å². The van der Waals surface area contributed by atoms with E-state index in [4.69, 9.17) is 0 Å². The monoisotopic (exact) mass is 276 g/mol. The molecule has 1 aromatic heterocycles. The molecule has 0 aliphatic carbocycles. The van der Waals surface area contributed by atoms with Crippen molar-refractivity contribution in [2.75, 3.05) is 11.4 Å². The summed E-state index contributed by atoms with van der Waals surface area (Å²) in [7, 11) is 1.95. The zero-order valence-corrected chi connectivity index (χ0v) is 11.7. The number of amides is 1. The maximum Gasteiger partial charge on any atom is 0.316 e. The lowest BCUT2D eigenvalue weighted by atomic mass is 9.95. The average Bonchev–Trinajstić information content (AvgIpc) is 3.11. The quantitative estimate of drug-likeness (QED) is 0.721. The van der Waals surface area contributed by atoms with E-state index < -0.39 is 0 Å². The molecule has 4 heteroatoms. The molecule has 0 spiro atoms. The van der Waals surface area contributed by atoms with Gasteiger partial charge in [-0.3, -0.25) is 9.48 Å². The third kappa shape index (κ3) is 1.69. The van der Waals surface area contributed by atoms with Gasteiger partial charge in [0.15, 0.2) is 0 Å². The SMILES string of the molecule is Cn1ncc2c(-c3cccc4c3CCN4[C]=O)cccc21. The van der Waals surface area contributed by atoms with E-state index >= 15 is 0 Å². The normalized spacial score (nSPS) is 13.7. The highest BCUT2D eigenvalue weighted by Gasteiger charge is 2.23. The first-order valence-electron chi connectivity index (χ1n) is 6.98. The molecule has 2 heterocycles. The second-order valence-corrected chi connectivity index (χ2v) is 5.30. The van der Waals surface area contributed by atoms with E-state index in [-0.39, 0.29) is 0 Å². The number of benzene rings is 2. The highest BCUT2D eigenvalue weighted by Crippen LogP contribution is 2.38. The number of anilines is 1. The van der Waals surface area contributed by atoms with Crippen molar-refractivity contribution >= 4 is 23.0 Å². The molecule has 2 aromatic carbocycles. The van der Waals surface area contributed by atoms with Crippen molar-refractivity contribution in [2.24, 2.45) is 7.05 Å². The molecule has 4 rings (SSSR count). The molecule has 1 aliphatic rings. The zero-order valence-electron chi connectivity index (χ0n) is 11.7. The standard InChI is InChI=1S/C17H14N3O/c1-19-16-6-2-5-13(15(16)10-18-19)12-4-3-7-17-14(12)8-9-20(17)11-21/h2-7,10H,8-9H2,1H3. The van der Waals surface area contributed by atoms with E-state index in [1.807, 2.05) is 36.5 Å². The Morgan fingerprint density at radius 3 is 2.81 bits per heavy atom. The van der Waals surface area contributed by atoms with Crippen molar-refractivity contribution in [2.45, 2.75) is 6.42 Å². The Morgan fingerprint density at radius 1 is 1.14 bits per heavy atom. The first kappa shape index (κ1) is 12.1. The van der Waals surface area contributed by atoms with Crippen LogP contribution < -0.4 is 4.90 Å². The molecule has 3 aromatic rings. The Balaban J connectivity index is 1.98. The summed E-state index contributed by atoms with van der Waals surface area (Å²) < 4.78 is 1.88. The maximum absolute atomic E-state index is 11.0. The fraction of sp³-hybridized carbons (Fsp3) is 0.176. The van der Waals surface area contributed by atoms with Crippen LogP contribution in [0.2, 0.25) is 0 Å². The van der Waals surface area contributed by atoms with Crippen LogP contribution in [0.25, 0.3) is 22.0 Å². The highest BCUT2D eigenvalue weighted by molar-refractivity contribution is 5.97. The van der Waals surface area contributed by atoms with Gasteiger partial charge in [0.1, 0.15) is 0 Å². The van der Waals surface area contributed by atoms with Gasteiger partial charge in [0.05, 0.1) is 11.7 Å². The molecule has 0 N–H and O–H groups in total. The van der Waals surface area contributed by atoms with Crippen LogP contribution in [0.3, 0.4) is 0 Å². The number of rotatable bonds is 2. The number of fused-ring (bicyclic) bond motifs is 2. The smallest absolute Gasteiger partial charge is 0.304 e. The number of aryl methyl sites for hydroxylation is 1. The van der Waals surface area contributed by atoms with Gasteiger partial charge in [0.2, 0.25) is 0 Å². The number of carbonyl (C=O) groups excluding carboxylic acids is 1. The Kier molecular flexibility index (Phi) is 2.57. The first-order chi connectivity index (χ1) is 10.3. The molecular formula is C17H14N3O. The average molecular weight is 276 g/mol. The summed E-state index contributed by atoms with van der Waals surface area (Å²) in [5, 5.41) is 5.49. The van der Waals surface area contributed by atoms with E-state index in [9.17, 15) is 4.79 Å². The minimum absolute atomic E-state index is 0.707. The lowest BCUT2D eigenvalue weighted by Gasteiger charge is -2.12. The van der Waals surface area contributed by atoms with E-state index in [1.165, 1.54) is 16.7 Å². The van der Waals surface area contributed by atoms with Crippen molar-refractivity contribution in [3.8, 4) is 11.1 Å². The van der Waals surface area contributed by atoms with Crippen LogP contribution in [0.4, 0.5) is 5.69 Å². The first-order valence-corrected chi connectivity index (χ1v) is 6.98. The molecule has 21 heavy (non-hydrogen) atoms. The largest absolute Gasteiger partial charge is 0.316 e. The molecule has 0 saturated heterocycles. The van der Waals surface area contributed by atoms with Gasteiger partial charge in [-0.25, -0.2) is 0 Å². The fourth-order valence-corrected chi connectivity index (χ4v) is 3.19. The minimum Gasteiger partial charge on any atom is -0.304 e. The van der Waals surface area contributed by atoms with E-state index in [2.05, 4.69) is 29.4 Å². The Hall–Kier alpha value is -2.62. The van der Waals surface area contributed by atoms with E-state index in [1.54, 1.807) is 4.90 Å². The van der Waals surface area contributed by atoms with Gasteiger partial charge in [0.25, 0.3) is 0 Å². The number of hydrogen-bond acceptors (Lipinski definition) is 2. The Bertz CT molecular complexity index is 850.